The first kappa shape index (κ1) is 11.3. The number of aliphatic hydroxyl groups is 1. The second-order valence-electron chi connectivity index (χ2n) is 3.38. The third-order valence-electron chi connectivity index (χ3n) is 2.44. The molecule has 1 heterocycles. The van der Waals surface area contributed by atoms with Gasteiger partial charge in [0.1, 0.15) is 0 Å². The highest BCUT2D eigenvalue weighted by Crippen LogP contribution is 2.03. The molecule has 1 aliphatic heterocycles. The van der Waals surface area contributed by atoms with Crippen LogP contribution in [0, 0.1) is 0 Å². The van der Waals surface area contributed by atoms with E-state index in [1.165, 1.54) is 7.11 Å². The van der Waals surface area contributed by atoms with E-state index in [4.69, 9.17) is 5.11 Å². The summed E-state index contributed by atoms with van der Waals surface area (Å²) in [7, 11) is 1.40. The van der Waals surface area contributed by atoms with Crippen molar-refractivity contribution in [1.82, 2.24) is 9.80 Å². The van der Waals surface area contributed by atoms with E-state index in [1.807, 2.05) is 0 Å². The molecule has 0 atom stereocenters. The van der Waals surface area contributed by atoms with Crippen LogP contribution >= 0.6 is 0 Å². The second kappa shape index (κ2) is 5.82. The van der Waals surface area contributed by atoms with Crippen molar-refractivity contribution in [2.24, 2.45) is 0 Å². The van der Waals surface area contributed by atoms with Crippen LogP contribution < -0.4 is 0 Å². The van der Waals surface area contributed by atoms with Gasteiger partial charge in [-0.2, -0.15) is 0 Å². The smallest absolute Gasteiger partial charge is 0.409 e. The first-order valence-corrected chi connectivity index (χ1v) is 4.94. The van der Waals surface area contributed by atoms with Crippen LogP contribution in [0.15, 0.2) is 0 Å². The number of amides is 1. The Morgan fingerprint density at radius 1 is 1.36 bits per heavy atom. The van der Waals surface area contributed by atoms with E-state index < -0.39 is 0 Å². The predicted molar refractivity (Wildman–Crippen MR) is 52.1 cm³/mol. The molecule has 82 valence electrons. The van der Waals surface area contributed by atoms with Gasteiger partial charge < -0.3 is 14.7 Å². The highest BCUT2D eigenvalue weighted by Gasteiger charge is 2.18. The van der Waals surface area contributed by atoms with Crippen molar-refractivity contribution in [1.29, 1.82) is 0 Å². The van der Waals surface area contributed by atoms with Crippen molar-refractivity contribution >= 4 is 6.09 Å². The SMILES string of the molecule is COC(=O)N1CCCN(CCO)CC1. The number of ether oxygens (including phenoxy) is 1. The van der Waals surface area contributed by atoms with Crippen molar-refractivity contribution in [2.45, 2.75) is 6.42 Å². The van der Waals surface area contributed by atoms with Crippen molar-refractivity contribution in [2.75, 3.05) is 46.4 Å². The van der Waals surface area contributed by atoms with Gasteiger partial charge in [-0.3, -0.25) is 4.90 Å². The zero-order valence-electron chi connectivity index (χ0n) is 8.61. The maximum Gasteiger partial charge on any atom is 0.409 e. The van der Waals surface area contributed by atoms with Crippen LogP contribution in [0.2, 0.25) is 0 Å². The average molecular weight is 202 g/mol. The number of carbonyl (C=O) groups is 1. The van der Waals surface area contributed by atoms with Crippen LogP contribution in [0.4, 0.5) is 4.79 Å². The van der Waals surface area contributed by atoms with E-state index in [-0.39, 0.29) is 12.7 Å². The van der Waals surface area contributed by atoms with E-state index in [2.05, 4.69) is 9.64 Å². The first-order valence-electron chi connectivity index (χ1n) is 4.94. The highest BCUT2D eigenvalue weighted by molar-refractivity contribution is 5.67. The number of nitrogens with zero attached hydrogens (tertiary/aromatic N) is 2. The largest absolute Gasteiger partial charge is 0.453 e. The minimum absolute atomic E-state index is 0.179. The molecule has 0 aromatic carbocycles. The van der Waals surface area contributed by atoms with Crippen LogP contribution in [-0.4, -0.2) is 67.4 Å². The first-order chi connectivity index (χ1) is 6.77. The molecule has 1 N–H and O–H groups in total. The van der Waals surface area contributed by atoms with E-state index in [1.54, 1.807) is 4.90 Å². The molecule has 0 aromatic heterocycles. The Morgan fingerprint density at radius 3 is 2.79 bits per heavy atom. The number of methoxy groups -OCH3 is 1. The Bertz CT molecular complexity index is 187. The van der Waals surface area contributed by atoms with Crippen molar-refractivity contribution < 1.29 is 14.6 Å². The lowest BCUT2D eigenvalue weighted by atomic mass is 10.4. The minimum atomic E-state index is -0.254. The maximum atomic E-state index is 11.2. The third kappa shape index (κ3) is 3.16. The summed E-state index contributed by atoms with van der Waals surface area (Å²) in [5.74, 6) is 0. The van der Waals surface area contributed by atoms with Crippen LogP contribution in [0.3, 0.4) is 0 Å². The number of hydrogen-bond acceptors (Lipinski definition) is 4. The molecule has 0 unspecified atom stereocenters. The minimum Gasteiger partial charge on any atom is -0.453 e. The summed E-state index contributed by atoms with van der Waals surface area (Å²) in [6.45, 7) is 4.05. The van der Waals surface area contributed by atoms with Crippen LogP contribution in [-0.2, 0) is 4.74 Å². The van der Waals surface area contributed by atoms with Gasteiger partial charge in [0.25, 0.3) is 0 Å². The summed E-state index contributed by atoms with van der Waals surface area (Å²) in [4.78, 5) is 15.1. The van der Waals surface area contributed by atoms with Gasteiger partial charge in [0, 0.05) is 26.2 Å². The van der Waals surface area contributed by atoms with Gasteiger partial charge in [-0.15, -0.1) is 0 Å². The quantitative estimate of drug-likeness (QED) is 0.671. The Hall–Kier alpha value is -0.810. The molecule has 5 nitrogen and oxygen atoms in total. The number of carbonyl (C=O) groups excluding carboxylic acids is 1. The fourth-order valence-electron chi connectivity index (χ4n) is 1.65. The van der Waals surface area contributed by atoms with Gasteiger partial charge >= 0.3 is 6.09 Å². The van der Waals surface area contributed by atoms with Crippen LogP contribution in [0.1, 0.15) is 6.42 Å². The molecule has 0 saturated carbocycles. The highest BCUT2D eigenvalue weighted by atomic mass is 16.5. The number of hydrogen-bond donors (Lipinski definition) is 1. The molecule has 1 amide bonds. The van der Waals surface area contributed by atoms with E-state index in [0.717, 1.165) is 26.1 Å². The van der Waals surface area contributed by atoms with Gasteiger partial charge in [0.2, 0.25) is 0 Å². The Balaban J connectivity index is 2.36. The van der Waals surface area contributed by atoms with Crippen molar-refractivity contribution in [3.63, 3.8) is 0 Å². The third-order valence-corrected chi connectivity index (χ3v) is 2.44. The number of rotatable bonds is 2. The fraction of sp³-hybridized carbons (Fsp3) is 0.889. The van der Waals surface area contributed by atoms with Gasteiger partial charge in [0.05, 0.1) is 13.7 Å². The van der Waals surface area contributed by atoms with E-state index >= 15 is 0 Å². The Kier molecular flexibility index (Phi) is 4.69. The summed E-state index contributed by atoms with van der Waals surface area (Å²) in [5, 5.41) is 8.78. The zero-order valence-corrected chi connectivity index (χ0v) is 8.61. The lowest BCUT2D eigenvalue weighted by molar-refractivity contribution is 0.124. The Labute approximate surface area is 84.2 Å². The molecule has 1 aliphatic rings. The standard InChI is InChI=1S/C9H18N2O3/c1-14-9(13)11-4-2-3-10(5-6-11)7-8-12/h12H,2-8H2,1H3. The molecular formula is C9H18N2O3. The molecule has 0 radical (unpaired) electrons. The van der Waals surface area contributed by atoms with Gasteiger partial charge in [-0.05, 0) is 13.0 Å². The van der Waals surface area contributed by atoms with E-state index in [0.29, 0.717) is 13.1 Å². The molecule has 5 heteroatoms. The fourth-order valence-corrected chi connectivity index (χ4v) is 1.65. The summed E-state index contributed by atoms with van der Waals surface area (Å²) in [5.41, 5.74) is 0. The summed E-state index contributed by atoms with van der Waals surface area (Å²) in [6, 6.07) is 0. The molecule has 0 spiro atoms. The summed E-state index contributed by atoms with van der Waals surface area (Å²) < 4.78 is 4.66. The van der Waals surface area contributed by atoms with Crippen LogP contribution in [0.25, 0.3) is 0 Å². The predicted octanol–water partition coefficient (Wildman–Crippen LogP) is -0.247. The van der Waals surface area contributed by atoms with Gasteiger partial charge in [0.15, 0.2) is 0 Å². The summed E-state index contributed by atoms with van der Waals surface area (Å²) >= 11 is 0. The Morgan fingerprint density at radius 2 is 2.14 bits per heavy atom. The molecule has 0 bridgehead atoms. The molecule has 14 heavy (non-hydrogen) atoms. The van der Waals surface area contributed by atoms with Gasteiger partial charge in [-0.1, -0.05) is 0 Å². The van der Waals surface area contributed by atoms with Gasteiger partial charge in [-0.25, -0.2) is 4.79 Å². The average Bonchev–Trinajstić information content (AvgIpc) is 2.43. The normalized spacial score (nSPS) is 19.1. The molecule has 0 aromatic rings. The monoisotopic (exact) mass is 202 g/mol. The van der Waals surface area contributed by atoms with Crippen molar-refractivity contribution in [3.05, 3.63) is 0 Å². The zero-order chi connectivity index (χ0) is 10.4. The molecular weight excluding hydrogens is 184 g/mol. The molecule has 1 rings (SSSR count). The molecule has 0 aliphatic carbocycles. The van der Waals surface area contributed by atoms with Crippen LogP contribution in [0.5, 0.6) is 0 Å². The second-order valence-corrected chi connectivity index (χ2v) is 3.38. The summed E-state index contributed by atoms with van der Waals surface area (Å²) in [6.07, 6.45) is 0.686. The maximum absolute atomic E-state index is 11.2. The molecule has 1 fully saturated rings. The number of aliphatic hydroxyl groups excluding tert-OH is 1. The van der Waals surface area contributed by atoms with E-state index in [9.17, 15) is 4.79 Å². The lowest BCUT2D eigenvalue weighted by Crippen LogP contribution is -2.35. The topological polar surface area (TPSA) is 53.0 Å². The van der Waals surface area contributed by atoms with Crippen molar-refractivity contribution in [3.8, 4) is 0 Å². The molecule has 1 saturated heterocycles. The lowest BCUT2D eigenvalue weighted by Gasteiger charge is -2.20. The number of β-amino-alcohol motifs (C(OH)–C–C–N with tert-alkyl or cyclic N) is 1.